The Bertz CT molecular complexity index is 576. The van der Waals surface area contributed by atoms with Crippen molar-refractivity contribution in [1.29, 1.82) is 0 Å². The lowest BCUT2D eigenvalue weighted by molar-refractivity contribution is 0.163. The maximum absolute atomic E-state index is 6.04. The molecule has 0 saturated carbocycles. The number of nitrogens with two attached hydrogens (primary N) is 1. The molecule has 1 atom stereocenters. The summed E-state index contributed by atoms with van der Waals surface area (Å²) in [6.07, 6.45) is 0. The molecule has 2 rings (SSSR count). The highest BCUT2D eigenvalue weighted by Crippen LogP contribution is 2.26. The van der Waals surface area contributed by atoms with Gasteiger partial charge in [0.2, 0.25) is 0 Å². The summed E-state index contributed by atoms with van der Waals surface area (Å²) in [5, 5.41) is 1.14. The molecule has 1 aromatic carbocycles. The number of hydrogen-bond donors (Lipinski definition) is 1. The van der Waals surface area contributed by atoms with Crippen molar-refractivity contribution in [3.05, 3.63) is 35.6 Å². The van der Waals surface area contributed by atoms with E-state index in [4.69, 9.17) is 10.2 Å². The van der Waals surface area contributed by atoms with Crippen LogP contribution >= 0.6 is 0 Å². The van der Waals surface area contributed by atoms with Crippen molar-refractivity contribution < 1.29 is 4.42 Å². The number of fused-ring (bicyclic) bond motifs is 1. The van der Waals surface area contributed by atoms with Gasteiger partial charge in [-0.05, 0) is 33.6 Å². The van der Waals surface area contributed by atoms with Gasteiger partial charge in [-0.25, -0.2) is 0 Å². The highest BCUT2D eigenvalue weighted by molar-refractivity contribution is 5.82. The first kappa shape index (κ1) is 16.0. The number of hydrogen-bond acceptors (Lipinski definition) is 4. The van der Waals surface area contributed by atoms with Gasteiger partial charge in [0.05, 0.1) is 6.54 Å². The van der Waals surface area contributed by atoms with Crippen LogP contribution in [0.25, 0.3) is 11.0 Å². The fourth-order valence-electron chi connectivity index (χ4n) is 2.91. The molecular weight excluding hydrogens is 262 g/mol. The quantitative estimate of drug-likeness (QED) is 0.851. The van der Waals surface area contributed by atoms with Crippen LogP contribution in [0, 0.1) is 0 Å². The van der Waals surface area contributed by atoms with E-state index in [0.717, 1.165) is 41.9 Å². The number of furan rings is 1. The van der Waals surface area contributed by atoms with E-state index < -0.39 is 0 Å². The van der Waals surface area contributed by atoms with Crippen molar-refractivity contribution in [1.82, 2.24) is 9.80 Å². The van der Waals surface area contributed by atoms with Gasteiger partial charge in [-0.1, -0.05) is 25.1 Å². The van der Waals surface area contributed by atoms with Crippen LogP contribution in [-0.4, -0.2) is 43.0 Å². The van der Waals surface area contributed by atoms with Gasteiger partial charge in [-0.15, -0.1) is 0 Å². The smallest absolute Gasteiger partial charge is 0.134 e. The van der Waals surface area contributed by atoms with E-state index in [0.29, 0.717) is 12.6 Å². The lowest BCUT2D eigenvalue weighted by Crippen LogP contribution is -2.39. The van der Waals surface area contributed by atoms with Gasteiger partial charge in [0.15, 0.2) is 0 Å². The molecule has 0 aliphatic rings. The molecule has 116 valence electrons. The molecule has 0 fully saturated rings. The summed E-state index contributed by atoms with van der Waals surface area (Å²) in [7, 11) is 4.22. The normalized spacial score (nSPS) is 13.5. The largest absolute Gasteiger partial charge is 0.459 e. The molecule has 0 aliphatic carbocycles. The van der Waals surface area contributed by atoms with Crippen molar-refractivity contribution in [2.75, 3.05) is 27.2 Å². The molecule has 0 radical (unpaired) electrons. The van der Waals surface area contributed by atoms with Gasteiger partial charge < -0.3 is 15.1 Å². The topological polar surface area (TPSA) is 45.6 Å². The van der Waals surface area contributed by atoms with E-state index in [9.17, 15) is 0 Å². The minimum atomic E-state index is 0.476. The Morgan fingerprint density at radius 1 is 1.24 bits per heavy atom. The second-order valence-corrected chi connectivity index (χ2v) is 5.88. The Morgan fingerprint density at radius 2 is 1.95 bits per heavy atom. The predicted molar refractivity (Wildman–Crippen MR) is 88.2 cm³/mol. The summed E-state index contributed by atoms with van der Waals surface area (Å²) in [5.41, 5.74) is 8.02. The van der Waals surface area contributed by atoms with Gasteiger partial charge >= 0.3 is 0 Å². The maximum Gasteiger partial charge on any atom is 0.134 e. The van der Waals surface area contributed by atoms with Crippen molar-refractivity contribution in [2.24, 2.45) is 5.73 Å². The van der Waals surface area contributed by atoms with Crippen molar-refractivity contribution >= 4 is 11.0 Å². The van der Waals surface area contributed by atoms with E-state index in [1.807, 2.05) is 18.2 Å². The van der Waals surface area contributed by atoms with Crippen LogP contribution in [0.4, 0.5) is 0 Å². The van der Waals surface area contributed by atoms with Crippen LogP contribution in [0.15, 0.2) is 28.7 Å². The van der Waals surface area contributed by atoms with Crippen LogP contribution in [-0.2, 0) is 13.1 Å². The molecule has 21 heavy (non-hydrogen) atoms. The average molecular weight is 289 g/mol. The van der Waals surface area contributed by atoms with Crippen molar-refractivity contribution in [3.8, 4) is 0 Å². The SMILES string of the molecule is CCN(Cc1oc2ccccc2c1CN)C(C)CN(C)C. The Balaban J connectivity index is 2.24. The zero-order valence-electron chi connectivity index (χ0n) is 13.6. The molecule has 0 spiro atoms. The van der Waals surface area contributed by atoms with Gasteiger partial charge in [0.1, 0.15) is 11.3 Å². The fourth-order valence-corrected chi connectivity index (χ4v) is 2.91. The van der Waals surface area contributed by atoms with E-state index in [2.05, 4.69) is 43.8 Å². The Labute approximate surface area is 127 Å². The van der Waals surface area contributed by atoms with E-state index >= 15 is 0 Å². The molecular formula is C17H27N3O. The number of rotatable bonds is 7. The molecule has 0 saturated heterocycles. The zero-order valence-corrected chi connectivity index (χ0v) is 13.6. The minimum Gasteiger partial charge on any atom is -0.459 e. The van der Waals surface area contributed by atoms with Gasteiger partial charge in [0, 0.05) is 30.1 Å². The molecule has 1 aromatic heterocycles. The molecule has 1 heterocycles. The van der Waals surface area contributed by atoms with Crippen LogP contribution in [0.5, 0.6) is 0 Å². The lowest BCUT2D eigenvalue weighted by atomic mass is 10.1. The number of para-hydroxylation sites is 1. The molecule has 4 heteroatoms. The molecule has 0 amide bonds. The van der Waals surface area contributed by atoms with Crippen LogP contribution in [0.1, 0.15) is 25.2 Å². The first-order valence-electron chi connectivity index (χ1n) is 7.64. The van der Waals surface area contributed by atoms with Crippen LogP contribution in [0.3, 0.4) is 0 Å². The first-order valence-corrected chi connectivity index (χ1v) is 7.64. The summed E-state index contributed by atoms with van der Waals surface area (Å²) in [5.74, 6) is 1.01. The Kier molecular flexibility index (Phi) is 5.39. The Morgan fingerprint density at radius 3 is 2.57 bits per heavy atom. The minimum absolute atomic E-state index is 0.476. The first-order chi connectivity index (χ1) is 10.1. The number of likely N-dealkylation sites (N-methyl/N-ethyl adjacent to an activating group) is 2. The maximum atomic E-state index is 6.04. The van der Waals surface area contributed by atoms with Gasteiger partial charge in [-0.2, -0.15) is 0 Å². The van der Waals surface area contributed by atoms with E-state index in [1.54, 1.807) is 0 Å². The average Bonchev–Trinajstić information content (AvgIpc) is 2.80. The summed E-state index contributed by atoms with van der Waals surface area (Å²) in [6.45, 7) is 7.81. The third-order valence-corrected chi connectivity index (χ3v) is 3.99. The highest BCUT2D eigenvalue weighted by Gasteiger charge is 2.19. The predicted octanol–water partition coefficient (Wildman–Crippen LogP) is 2.66. The second kappa shape index (κ2) is 7.07. The highest BCUT2D eigenvalue weighted by atomic mass is 16.3. The lowest BCUT2D eigenvalue weighted by Gasteiger charge is -2.29. The standard InChI is InChI=1S/C17H27N3O/c1-5-20(13(2)11-19(3)4)12-17-15(10-18)14-8-6-7-9-16(14)21-17/h6-9,13H,5,10-12,18H2,1-4H3. The van der Waals surface area contributed by atoms with E-state index in [-0.39, 0.29) is 0 Å². The third kappa shape index (κ3) is 3.64. The van der Waals surface area contributed by atoms with Crippen LogP contribution in [0.2, 0.25) is 0 Å². The summed E-state index contributed by atoms with van der Waals surface area (Å²) in [4.78, 5) is 4.65. The molecule has 1 unspecified atom stereocenters. The summed E-state index contributed by atoms with van der Waals surface area (Å²) in [6, 6.07) is 8.61. The van der Waals surface area contributed by atoms with E-state index in [1.165, 1.54) is 0 Å². The fraction of sp³-hybridized carbons (Fsp3) is 0.529. The molecule has 4 nitrogen and oxygen atoms in total. The molecule has 2 aromatic rings. The Hall–Kier alpha value is -1.36. The van der Waals surface area contributed by atoms with Gasteiger partial charge in [-0.3, -0.25) is 4.90 Å². The second-order valence-electron chi connectivity index (χ2n) is 5.88. The number of benzene rings is 1. The summed E-state index contributed by atoms with van der Waals surface area (Å²) < 4.78 is 6.04. The van der Waals surface area contributed by atoms with Crippen molar-refractivity contribution in [3.63, 3.8) is 0 Å². The zero-order chi connectivity index (χ0) is 15.4. The third-order valence-electron chi connectivity index (χ3n) is 3.99. The van der Waals surface area contributed by atoms with Gasteiger partial charge in [0.25, 0.3) is 0 Å². The monoisotopic (exact) mass is 289 g/mol. The molecule has 2 N–H and O–H groups in total. The molecule has 0 aliphatic heterocycles. The summed E-state index contributed by atoms with van der Waals surface area (Å²) >= 11 is 0. The number of nitrogens with zero attached hydrogens (tertiary/aromatic N) is 2. The van der Waals surface area contributed by atoms with Crippen LogP contribution < -0.4 is 5.73 Å². The molecule has 0 bridgehead atoms. The van der Waals surface area contributed by atoms with Crippen molar-refractivity contribution in [2.45, 2.75) is 33.0 Å².